The van der Waals surface area contributed by atoms with Gasteiger partial charge in [-0.05, 0) is 13.0 Å². The summed E-state index contributed by atoms with van der Waals surface area (Å²) in [5, 5.41) is 0. The molecule has 2 aromatic rings. The Balaban J connectivity index is 0.00000162. The van der Waals surface area contributed by atoms with Crippen LogP contribution in [0.5, 0.6) is 0 Å². The van der Waals surface area contributed by atoms with Gasteiger partial charge >= 0.3 is 0 Å². The number of aromatic nitrogens is 1. The molecule has 3 heteroatoms. The normalized spacial score (nSPS) is 11.4. The molecule has 0 saturated carbocycles. The molecule has 1 unspecified atom stereocenters. The SMILES string of the molecule is Cc1ccc[n+](C(C)C(=O)c2ccccc2)c1.[Br-]. The Labute approximate surface area is 118 Å². The fourth-order valence-electron chi connectivity index (χ4n) is 1.84. The van der Waals surface area contributed by atoms with Gasteiger partial charge in [0.2, 0.25) is 11.8 Å². The second-order valence-electron chi connectivity index (χ2n) is 4.23. The van der Waals surface area contributed by atoms with E-state index in [0.29, 0.717) is 0 Å². The Morgan fingerprint density at radius 2 is 1.78 bits per heavy atom. The first kappa shape index (κ1) is 14.6. The first-order chi connectivity index (χ1) is 8.18. The van der Waals surface area contributed by atoms with Crippen LogP contribution in [0.1, 0.15) is 28.9 Å². The highest BCUT2D eigenvalue weighted by atomic mass is 79.9. The van der Waals surface area contributed by atoms with Crippen molar-refractivity contribution in [1.82, 2.24) is 0 Å². The van der Waals surface area contributed by atoms with Gasteiger partial charge in [-0.3, -0.25) is 4.79 Å². The summed E-state index contributed by atoms with van der Waals surface area (Å²) in [5.41, 5.74) is 1.91. The standard InChI is InChI=1S/C15H16NO.BrH/c1-12-7-6-10-16(11-12)13(2)15(17)14-8-4-3-5-9-14;/h3-11,13H,1-2H3;1H/q+1;/p-1. The van der Waals surface area contributed by atoms with Gasteiger partial charge in [-0.2, -0.15) is 4.57 Å². The van der Waals surface area contributed by atoms with Crippen LogP contribution in [0.4, 0.5) is 0 Å². The van der Waals surface area contributed by atoms with E-state index in [0.717, 1.165) is 11.1 Å². The van der Waals surface area contributed by atoms with E-state index in [-0.39, 0.29) is 28.8 Å². The molecule has 0 amide bonds. The molecule has 0 saturated heterocycles. The molecule has 2 nitrogen and oxygen atoms in total. The lowest BCUT2D eigenvalue weighted by Crippen LogP contribution is -3.00. The molecule has 0 bridgehead atoms. The summed E-state index contributed by atoms with van der Waals surface area (Å²) in [5.74, 6) is 0.140. The van der Waals surface area contributed by atoms with E-state index in [4.69, 9.17) is 0 Å². The predicted molar refractivity (Wildman–Crippen MR) is 66.9 cm³/mol. The zero-order valence-corrected chi connectivity index (χ0v) is 12.1. The minimum absolute atomic E-state index is 0. The molecule has 0 aliphatic heterocycles. The second kappa shape index (κ2) is 6.45. The fraction of sp³-hybridized carbons (Fsp3) is 0.200. The van der Waals surface area contributed by atoms with Crippen LogP contribution < -0.4 is 21.5 Å². The lowest BCUT2D eigenvalue weighted by atomic mass is 10.1. The Hall–Kier alpha value is -1.48. The molecule has 2 rings (SSSR count). The summed E-state index contributed by atoms with van der Waals surface area (Å²) < 4.78 is 1.95. The molecule has 94 valence electrons. The topological polar surface area (TPSA) is 20.9 Å². The number of ketones is 1. The molecule has 1 aromatic heterocycles. The summed E-state index contributed by atoms with van der Waals surface area (Å²) in [7, 11) is 0. The van der Waals surface area contributed by atoms with E-state index in [2.05, 4.69) is 0 Å². The second-order valence-corrected chi connectivity index (χ2v) is 4.23. The maximum absolute atomic E-state index is 12.2. The minimum Gasteiger partial charge on any atom is -1.00 e. The van der Waals surface area contributed by atoms with Crippen LogP contribution in [0.25, 0.3) is 0 Å². The van der Waals surface area contributed by atoms with Gasteiger partial charge in [-0.15, -0.1) is 0 Å². The van der Waals surface area contributed by atoms with E-state index < -0.39 is 0 Å². The van der Waals surface area contributed by atoms with Gasteiger partial charge < -0.3 is 17.0 Å². The summed E-state index contributed by atoms with van der Waals surface area (Å²) in [6, 6.07) is 13.2. The minimum atomic E-state index is -0.169. The number of hydrogen-bond donors (Lipinski definition) is 0. The van der Waals surface area contributed by atoms with Crippen molar-refractivity contribution in [2.75, 3.05) is 0 Å². The quantitative estimate of drug-likeness (QED) is 0.565. The first-order valence-electron chi connectivity index (χ1n) is 5.75. The van der Waals surface area contributed by atoms with Crippen molar-refractivity contribution in [3.05, 3.63) is 66.0 Å². The van der Waals surface area contributed by atoms with Crippen molar-refractivity contribution in [3.63, 3.8) is 0 Å². The number of pyridine rings is 1. The number of halogens is 1. The van der Waals surface area contributed by atoms with Crippen LogP contribution in [-0.4, -0.2) is 5.78 Å². The first-order valence-corrected chi connectivity index (χ1v) is 5.75. The van der Waals surface area contributed by atoms with E-state index in [1.165, 1.54) is 0 Å². The molecule has 1 atom stereocenters. The maximum Gasteiger partial charge on any atom is 0.230 e. The van der Waals surface area contributed by atoms with E-state index in [1.807, 2.05) is 73.3 Å². The summed E-state index contributed by atoms with van der Waals surface area (Å²) >= 11 is 0. The third kappa shape index (κ3) is 3.26. The molecular weight excluding hydrogens is 290 g/mol. The molecule has 1 aromatic carbocycles. The van der Waals surface area contributed by atoms with E-state index in [9.17, 15) is 4.79 Å². The van der Waals surface area contributed by atoms with Crippen molar-refractivity contribution in [2.24, 2.45) is 0 Å². The zero-order chi connectivity index (χ0) is 12.3. The number of carbonyl (C=O) groups excluding carboxylic acids is 1. The molecule has 0 N–H and O–H groups in total. The summed E-state index contributed by atoms with van der Waals surface area (Å²) in [6.45, 7) is 3.95. The van der Waals surface area contributed by atoms with Gasteiger partial charge in [0.25, 0.3) is 0 Å². The Morgan fingerprint density at radius 3 is 2.39 bits per heavy atom. The highest BCUT2D eigenvalue weighted by molar-refractivity contribution is 5.97. The molecule has 0 fully saturated rings. The molecule has 0 spiro atoms. The van der Waals surface area contributed by atoms with Crippen LogP contribution >= 0.6 is 0 Å². The number of benzene rings is 1. The van der Waals surface area contributed by atoms with Gasteiger partial charge in [0.05, 0.1) is 0 Å². The van der Waals surface area contributed by atoms with Gasteiger partial charge in [-0.1, -0.05) is 30.3 Å². The number of carbonyl (C=O) groups is 1. The fourth-order valence-corrected chi connectivity index (χ4v) is 1.84. The van der Waals surface area contributed by atoms with E-state index in [1.54, 1.807) is 0 Å². The van der Waals surface area contributed by atoms with Crippen molar-refractivity contribution < 1.29 is 26.3 Å². The highest BCUT2D eigenvalue weighted by Gasteiger charge is 2.22. The number of hydrogen-bond acceptors (Lipinski definition) is 1. The Bertz CT molecular complexity index is 525. The van der Waals surface area contributed by atoms with Gasteiger partial charge in [0, 0.05) is 24.1 Å². The van der Waals surface area contributed by atoms with Crippen molar-refractivity contribution in [1.29, 1.82) is 0 Å². The van der Waals surface area contributed by atoms with Crippen molar-refractivity contribution >= 4 is 5.78 Å². The van der Waals surface area contributed by atoms with Crippen LogP contribution in [0.3, 0.4) is 0 Å². The lowest BCUT2D eigenvalue weighted by molar-refractivity contribution is -0.705. The smallest absolute Gasteiger partial charge is 0.230 e. The van der Waals surface area contributed by atoms with Crippen LogP contribution in [-0.2, 0) is 0 Å². The zero-order valence-electron chi connectivity index (χ0n) is 10.5. The average Bonchev–Trinajstić information content (AvgIpc) is 2.38. The molecule has 0 radical (unpaired) electrons. The molecule has 1 heterocycles. The molecular formula is C15H16BrNO. The summed E-state index contributed by atoms with van der Waals surface area (Å²) in [4.78, 5) is 12.2. The number of aryl methyl sites for hydroxylation is 1. The average molecular weight is 306 g/mol. The molecule has 0 aliphatic rings. The van der Waals surface area contributed by atoms with Gasteiger partial charge in [-0.25, -0.2) is 0 Å². The predicted octanol–water partition coefficient (Wildman–Crippen LogP) is -0.270. The number of nitrogens with zero attached hydrogens (tertiary/aromatic N) is 1. The monoisotopic (exact) mass is 305 g/mol. The van der Waals surface area contributed by atoms with Crippen molar-refractivity contribution in [3.8, 4) is 0 Å². The van der Waals surface area contributed by atoms with Gasteiger partial charge in [0.15, 0.2) is 12.4 Å². The third-order valence-electron chi connectivity index (χ3n) is 2.85. The third-order valence-corrected chi connectivity index (χ3v) is 2.85. The molecule has 18 heavy (non-hydrogen) atoms. The lowest BCUT2D eigenvalue weighted by Gasteiger charge is -2.06. The Morgan fingerprint density at radius 1 is 1.11 bits per heavy atom. The van der Waals surface area contributed by atoms with E-state index >= 15 is 0 Å². The molecule has 0 aliphatic carbocycles. The Kier molecular flexibility index (Phi) is 5.23. The van der Waals surface area contributed by atoms with Crippen LogP contribution in [0.2, 0.25) is 0 Å². The van der Waals surface area contributed by atoms with Gasteiger partial charge in [0.1, 0.15) is 0 Å². The number of rotatable bonds is 3. The largest absolute Gasteiger partial charge is 1.00 e. The number of Topliss-reactive ketones (excluding diaryl/α,β-unsaturated/α-hetero) is 1. The maximum atomic E-state index is 12.2. The highest BCUT2D eigenvalue weighted by Crippen LogP contribution is 2.08. The van der Waals surface area contributed by atoms with Crippen LogP contribution in [0.15, 0.2) is 54.9 Å². The van der Waals surface area contributed by atoms with Crippen molar-refractivity contribution in [2.45, 2.75) is 19.9 Å². The van der Waals surface area contributed by atoms with Crippen LogP contribution in [0, 0.1) is 6.92 Å². The summed E-state index contributed by atoms with van der Waals surface area (Å²) in [6.07, 6.45) is 3.92.